The van der Waals surface area contributed by atoms with Gasteiger partial charge in [-0.1, -0.05) is 6.92 Å². The Hall–Kier alpha value is -2.75. The summed E-state index contributed by atoms with van der Waals surface area (Å²) in [6.45, 7) is 1.84. The minimum Gasteiger partial charge on any atom is -0.328 e. The molecule has 0 fully saturated rings. The number of nitrogens with one attached hydrogen (secondary N) is 1. The molecule has 0 bridgehead atoms. The Bertz CT molecular complexity index is 1170. The molecule has 3 aromatic rings. The maximum atomic E-state index is 12.7. The summed E-state index contributed by atoms with van der Waals surface area (Å²) in [4.78, 5) is 47.4. The van der Waals surface area contributed by atoms with Crippen molar-refractivity contribution in [1.29, 1.82) is 0 Å². The minimum absolute atomic E-state index is 0.281. The highest BCUT2D eigenvalue weighted by Gasteiger charge is 2.21. The molecule has 9 nitrogen and oxygen atoms in total. The van der Waals surface area contributed by atoms with E-state index in [4.69, 9.17) is 0 Å². The molecule has 0 aliphatic heterocycles. The van der Waals surface area contributed by atoms with E-state index in [9.17, 15) is 14.4 Å². The maximum Gasteiger partial charge on any atom is 0.332 e. The molecule has 27 heavy (non-hydrogen) atoms. The molecule has 1 atom stereocenters. The first kappa shape index (κ1) is 17.7. The fraction of sp³-hybridized carbons (Fsp3) is 0.471. The van der Waals surface area contributed by atoms with E-state index in [0.717, 1.165) is 29.5 Å². The number of amides is 1. The fourth-order valence-corrected chi connectivity index (χ4v) is 4.62. The van der Waals surface area contributed by atoms with Crippen molar-refractivity contribution in [3.05, 3.63) is 37.7 Å². The highest BCUT2D eigenvalue weighted by atomic mass is 32.1. The highest BCUT2D eigenvalue weighted by molar-refractivity contribution is 7.15. The van der Waals surface area contributed by atoms with E-state index < -0.39 is 17.2 Å². The third-order valence-corrected chi connectivity index (χ3v) is 5.97. The molecule has 0 saturated heterocycles. The lowest BCUT2D eigenvalue weighted by Gasteiger charge is -2.15. The van der Waals surface area contributed by atoms with Gasteiger partial charge in [0, 0.05) is 19.0 Å². The normalized spacial score (nSPS) is 16.5. The lowest BCUT2D eigenvalue weighted by Crippen LogP contribution is -2.42. The summed E-state index contributed by atoms with van der Waals surface area (Å²) in [5, 5.41) is 3.25. The minimum atomic E-state index is -0.575. The average Bonchev–Trinajstić information content (AvgIpc) is 3.19. The van der Waals surface area contributed by atoms with Gasteiger partial charge in [0.05, 0.1) is 12.0 Å². The molecule has 4 rings (SSSR count). The molecule has 0 radical (unpaired) electrons. The van der Waals surface area contributed by atoms with Gasteiger partial charge in [-0.25, -0.2) is 19.3 Å². The van der Waals surface area contributed by atoms with Crippen LogP contribution in [0.15, 0.2) is 15.9 Å². The molecule has 0 spiro atoms. The monoisotopic (exact) mass is 388 g/mol. The van der Waals surface area contributed by atoms with Crippen LogP contribution in [-0.2, 0) is 38.3 Å². The van der Waals surface area contributed by atoms with Crippen molar-refractivity contribution in [1.82, 2.24) is 23.7 Å². The number of hydrogen-bond donors (Lipinski definition) is 1. The standard InChI is InChI=1S/C17H20N6O3S/c1-9-4-5-10-11(6-9)27-16(19-10)20-12(24)7-23-15(25)13-14(18-8-21(13)2)22(3)17(23)26/h8-9H,4-7H2,1-3H3,(H,19,20,24)/t9-/m1/s1. The first-order valence-electron chi connectivity index (χ1n) is 8.74. The predicted octanol–water partition coefficient (Wildman–Crippen LogP) is 0.654. The van der Waals surface area contributed by atoms with E-state index in [2.05, 4.69) is 22.2 Å². The number of rotatable bonds is 3. The molecule has 0 unspecified atom stereocenters. The summed E-state index contributed by atoms with van der Waals surface area (Å²) in [7, 11) is 3.20. The first-order valence-corrected chi connectivity index (χ1v) is 9.56. The second-order valence-corrected chi connectivity index (χ2v) is 8.13. The van der Waals surface area contributed by atoms with Gasteiger partial charge in [-0.3, -0.25) is 14.2 Å². The van der Waals surface area contributed by atoms with Crippen molar-refractivity contribution in [2.45, 2.75) is 32.7 Å². The zero-order valence-corrected chi connectivity index (χ0v) is 16.2. The van der Waals surface area contributed by atoms with Gasteiger partial charge in [-0.15, -0.1) is 11.3 Å². The van der Waals surface area contributed by atoms with E-state index in [0.29, 0.717) is 16.7 Å². The number of imidazole rings is 1. The van der Waals surface area contributed by atoms with Gasteiger partial charge in [0.1, 0.15) is 6.54 Å². The molecular weight excluding hydrogens is 368 g/mol. The molecule has 1 aliphatic carbocycles. The van der Waals surface area contributed by atoms with Gasteiger partial charge in [0.2, 0.25) is 5.91 Å². The van der Waals surface area contributed by atoms with Gasteiger partial charge in [0.15, 0.2) is 16.3 Å². The Morgan fingerprint density at radius 3 is 2.93 bits per heavy atom. The Balaban J connectivity index is 1.61. The van der Waals surface area contributed by atoms with Crippen LogP contribution in [0.4, 0.5) is 5.13 Å². The van der Waals surface area contributed by atoms with Crippen LogP contribution in [0, 0.1) is 5.92 Å². The van der Waals surface area contributed by atoms with Crippen molar-refractivity contribution in [3.8, 4) is 0 Å². The molecule has 1 aliphatic rings. The van der Waals surface area contributed by atoms with Gasteiger partial charge in [0.25, 0.3) is 5.56 Å². The molecule has 10 heteroatoms. The average molecular weight is 388 g/mol. The third kappa shape index (κ3) is 2.99. The molecule has 1 amide bonds. The van der Waals surface area contributed by atoms with Crippen LogP contribution < -0.4 is 16.6 Å². The number of hydrogen-bond acceptors (Lipinski definition) is 6. The molecular formula is C17H20N6O3S. The topological polar surface area (TPSA) is 104 Å². The number of carbonyl (C=O) groups excluding carboxylic acids is 1. The van der Waals surface area contributed by atoms with Crippen LogP contribution in [-0.4, -0.2) is 29.6 Å². The molecule has 1 N–H and O–H groups in total. The van der Waals surface area contributed by atoms with Crippen LogP contribution in [0.5, 0.6) is 0 Å². The number of thiazole rings is 1. The van der Waals surface area contributed by atoms with E-state index in [1.807, 2.05) is 0 Å². The number of fused-ring (bicyclic) bond motifs is 2. The van der Waals surface area contributed by atoms with Crippen LogP contribution in [0.1, 0.15) is 23.9 Å². The van der Waals surface area contributed by atoms with Gasteiger partial charge >= 0.3 is 5.69 Å². The Morgan fingerprint density at radius 2 is 2.15 bits per heavy atom. The number of nitrogens with zero attached hydrogens (tertiary/aromatic N) is 5. The summed E-state index contributed by atoms with van der Waals surface area (Å²) in [5.74, 6) is 0.170. The van der Waals surface area contributed by atoms with Gasteiger partial charge in [-0.2, -0.15) is 0 Å². The number of carbonyl (C=O) groups is 1. The molecule has 0 saturated carbocycles. The molecule has 142 valence electrons. The molecule has 3 aromatic heterocycles. The van der Waals surface area contributed by atoms with E-state index in [-0.39, 0.29) is 12.1 Å². The number of aromatic nitrogens is 5. The van der Waals surface area contributed by atoms with E-state index in [1.165, 1.54) is 34.2 Å². The SMILES string of the molecule is C[C@@H]1CCc2nc(NC(=O)Cn3c(=O)c4c(ncn4C)n(C)c3=O)sc2C1. The third-order valence-electron chi connectivity index (χ3n) is 4.94. The van der Waals surface area contributed by atoms with E-state index >= 15 is 0 Å². The summed E-state index contributed by atoms with van der Waals surface area (Å²) in [6.07, 6.45) is 4.46. The first-order chi connectivity index (χ1) is 12.8. The predicted molar refractivity (Wildman–Crippen MR) is 102 cm³/mol. The highest BCUT2D eigenvalue weighted by Crippen LogP contribution is 2.32. The van der Waals surface area contributed by atoms with Crippen molar-refractivity contribution >= 4 is 33.5 Å². The zero-order chi connectivity index (χ0) is 19.3. The van der Waals surface area contributed by atoms with Crippen LogP contribution >= 0.6 is 11.3 Å². The van der Waals surface area contributed by atoms with Crippen molar-refractivity contribution in [2.75, 3.05) is 5.32 Å². The van der Waals surface area contributed by atoms with Crippen LogP contribution in [0.2, 0.25) is 0 Å². The quantitative estimate of drug-likeness (QED) is 0.710. The smallest absolute Gasteiger partial charge is 0.328 e. The van der Waals surface area contributed by atoms with Gasteiger partial charge < -0.3 is 9.88 Å². The Labute approximate surface area is 158 Å². The van der Waals surface area contributed by atoms with Gasteiger partial charge in [-0.05, 0) is 25.2 Å². The summed E-state index contributed by atoms with van der Waals surface area (Å²) in [6, 6.07) is 0. The second-order valence-electron chi connectivity index (χ2n) is 7.05. The van der Waals surface area contributed by atoms with E-state index in [1.54, 1.807) is 11.6 Å². The maximum absolute atomic E-state index is 12.7. The number of aryl methyl sites for hydroxylation is 3. The number of anilines is 1. The second kappa shape index (κ2) is 6.45. The lowest BCUT2D eigenvalue weighted by atomic mass is 9.93. The lowest BCUT2D eigenvalue weighted by molar-refractivity contribution is -0.116. The van der Waals surface area contributed by atoms with Crippen molar-refractivity contribution in [2.24, 2.45) is 20.0 Å². The Kier molecular flexibility index (Phi) is 4.22. The zero-order valence-electron chi connectivity index (χ0n) is 15.4. The van der Waals surface area contributed by atoms with Crippen LogP contribution in [0.25, 0.3) is 11.2 Å². The van der Waals surface area contributed by atoms with Crippen molar-refractivity contribution in [3.63, 3.8) is 0 Å². The summed E-state index contributed by atoms with van der Waals surface area (Å²) in [5.41, 5.74) is 0.511. The van der Waals surface area contributed by atoms with Crippen molar-refractivity contribution < 1.29 is 4.79 Å². The fourth-order valence-electron chi connectivity index (χ4n) is 3.43. The largest absolute Gasteiger partial charge is 0.332 e. The molecule has 3 heterocycles. The Morgan fingerprint density at radius 1 is 1.37 bits per heavy atom. The molecule has 0 aromatic carbocycles. The summed E-state index contributed by atoms with van der Waals surface area (Å²) < 4.78 is 3.74. The summed E-state index contributed by atoms with van der Waals surface area (Å²) >= 11 is 1.47. The van der Waals surface area contributed by atoms with Crippen LogP contribution in [0.3, 0.4) is 0 Å².